The van der Waals surface area contributed by atoms with Crippen LogP contribution < -0.4 is 0 Å². The van der Waals surface area contributed by atoms with E-state index in [-0.39, 0.29) is 0 Å². The van der Waals surface area contributed by atoms with Crippen molar-refractivity contribution in [2.24, 2.45) is 5.92 Å². The van der Waals surface area contributed by atoms with Crippen LogP contribution in [-0.2, 0) is 0 Å². The summed E-state index contributed by atoms with van der Waals surface area (Å²) in [6.07, 6.45) is 4.52. The predicted octanol–water partition coefficient (Wildman–Crippen LogP) is 3.72. The van der Waals surface area contributed by atoms with Gasteiger partial charge in [0.05, 0.1) is 0 Å². The molecule has 0 heteroatoms. The Hall–Kier alpha value is -0.780. The molecular formula is C11H18. The van der Waals surface area contributed by atoms with Crippen LogP contribution in [0.15, 0.2) is 37.0 Å². The lowest BCUT2D eigenvalue weighted by atomic mass is 10.1. The van der Waals surface area contributed by atoms with Gasteiger partial charge in [0.25, 0.3) is 0 Å². The van der Waals surface area contributed by atoms with Crippen LogP contribution in [0.4, 0.5) is 0 Å². The summed E-state index contributed by atoms with van der Waals surface area (Å²) in [5, 5.41) is 0. The van der Waals surface area contributed by atoms with Crippen LogP contribution in [0.25, 0.3) is 0 Å². The minimum Gasteiger partial charge on any atom is -0.106 e. The van der Waals surface area contributed by atoms with Gasteiger partial charge >= 0.3 is 0 Å². The molecule has 62 valence electrons. The molecule has 0 radical (unpaired) electrons. The normalized spacial score (nSPS) is 22.5. The highest BCUT2D eigenvalue weighted by Crippen LogP contribution is 2.30. The molecule has 0 amide bonds. The first-order valence-electron chi connectivity index (χ1n) is 4.05. The average Bonchev–Trinajstić information content (AvgIpc) is 2.33. The minimum absolute atomic E-state index is 0.859. The Morgan fingerprint density at radius 1 is 1.36 bits per heavy atom. The monoisotopic (exact) mass is 150 g/mol. The summed E-state index contributed by atoms with van der Waals surface area (Å²) in [5.41, 5.74) is 3.01. The highest BCUT2D eigenvalue weighted by molar-refractivity contribution is 5.27. The van der Waals surface area contributed by atoms with E-state index >= 15 is 0 Å². The lowest BCUT2D eigenvalue weighted by Crippen LogP contribution is -1.83. The number of hydrogen-bond donors (Lipinski definition) is 0. The molecule has 0 fully saturated rings. The molecule has 0 nitrogen and oxygen atoms in total. The molecule has 0 N–H and O–H groups in total. The molecule has 0 aromatic carbocycles. The van der Waals surface area contributed by atoms with Gasteiger partial charge in [-0.15, -0.1) is 13.2 Å². The Kier molecular flexibility index (Phi) is 4.60. The quantitative estimate of drug-likeness (QED) is 0.500. The van der Waals surface area contributed by atoms with E-state index in [4.69, 9.17) is 0 Å². The van der Waals surface area contributed by atoms with E-state index < -0.39 is 0 Å². The van der Waals surface area contributed by atoms with Crippen molar-refractivity contribution in [3.63, 3.8) is 0 Å². The van der Waals surface area contributed by atoms with E-state index in [1.165, 1.54) is 24.0 Å². The van der Waals surface area contributed by atoms with Gasteiger partial charge in [0.1, 0.15) is 0 Å². The summed E-state index contributed by atoms with van der Waals surface area (Å²) in [4.78, 5) is 0. The fourth-order valence-electron chi connectivity index (χ4n) is 1.53. The summed E-state index contributed by atoms with van der Waals surface area (Å²) in [5.74, 6) is 0.859. The Balaban J connectivity index is 0.000000461. The molecule has 0 spiro atoms. The molecule has 0 bridgehead atoms. The average molecular weight is 150 g/mol. The van der Waals surface area contributed by atoms with Gasteiger partial charge in [-0.2, -0.15) is 0 Å². The molecule has 0 saturated carbocycles. The maximum Gasteiger partial charge on any atom is -0.0251 e. The smallest absolute Gasteiger partial charge is 0.0251 e. The van der Waals surface area contributed by atoms with Crippen molar-refractivity contribution in [1.29, 1.82) is 0 Å². The number of rotatable bonds is 1. The van der Waals surface area contributed by atoms with Crippen molar-refractivity contribution in [2.75, 3.05) is 0 Å². The van der Waals surface area contributed by atoms with Gasteiger partial charge in [-0.3, -0.25) is 0 Å². The zero-order valence-electron chi connectivity index (χ0n) is 7.69. The zero-order chi connectivity index (χ0) is 8.85. The van der Waals surface area contributed by atoms with Crippen LogP contribution in [-0.4, -0.2) is 0 Å². The summed E-state index contributed by atoms with van der Waals surface area (Å²) < 4.78 is 0. The lowest BCUT2D eigenvalue weighted by Gasteiger charge is -1.96. The molecule has 1 rings (SSSR count). The maximum atomic E-state index is 3.77. The third-order valence-electron chi connectivity index (χ3n) is 2.02. The van der Waals surface area contributed by atoms with Gasteiger partial charge < -0.3 is 0 Å². The van der Waals surface area contributed by atoms with E-state index in [0.29, 0.717) is 0 Å². The second-order valence-corrected chi connectivity index (χ2v) is 3.02. The summed E-state index contributed by atoms with van der Waals surface area (Å²) >= 11 is 0. The van der Waals surface area contributed by atoms with E-state index in [1.807, 2.05) is 6.08 Å². The summed E-state index contributed by atoms with van der Waals surface area (Å²) in [6, 6.07) is 0. The van der Waals surface area contributed by atoms with Crippen LogP contribution in [0.3, 0.4) is 0 Å². The van der Waals surface area contributed by atoms with Crippen LogP contribution in [0.5, 0.6) is 0 Å². The van der Waals surface area contributed by atoms with Crippen LogP contribution >= 0.6 is 0 Å². The first kappa shape index (κ1) is 10.2. The van der Waals surface area contributed by atoms with E-state index in [1.54, 1.807) is 0 Å². The van der Waals surface area contributed by atoms with Crippen LogP contribution in [0.2, 0.25) is 0 Å². The molecule has 0 aliphatic heterocycles. The van der Waals surface area contributed by atoms with Crippen molar-refractivity contribution in [2.45, 2.75) is 26.7 Å². The molecule has 0 saturated heterocycles. The van der Waals surface area contributed by atoms with E-state index in [2.05, 4.69) is 33.6 Å². The second kappa shape index (κ2) is 4.95. The lowest BCUT2D eigenvalue weighted by molar-refractivity contribution is 0.623. The van der Waals surface area contributed by atoms with Crippen molar-refractivity contribution < 1.29 is 0 Å². The standard InChI is InChI=1S/C9H14.C2H4/c1-4-9-6-7(2)5-8(9)3;1-2/h4,7H,1,5-6H2,2-3H3;1-2H2. The predicted molar refractivity (Wildman–Crippen MR) is 52.5 cm³/mol. The number of hydrogen-bond acceptors (Lipinski definition) is 0. The highest BCUT2D eigenvalue weighted by Gasteiger charge is 2.14. The maximum absolute atomic E-state index is 3.77. The molecular weight excluding hydrogens is 132 g/mol. The van der Waals surface area contributed by atoms with Gasteiger partial charge in [0.15, 0.2) is 0 Å². The Labute approximate surface area is 70.3 Å². The van der Waals surface area contributed by atoms with E-state index in [9.17, 15) is 0 Å². The molecule has 0 aromatic heterocycles. The third-order valence-corrected chi connectivity index (χ3v) is 2.02. The Morgan fingerprint density at radius 2 is 1.91 bits per heavy atom. The molecule has 0 heterocycles. The zero-order valence-corrected chi connectivity index (χ0v) is 7.69. The van der Waals surface area contributed by atoms with Gasteiger partial charge in [-0.25, -0.2) is 0 Å². The molecule has 1 atom stereocenters. The minimum atomic E-state index is 0.859. The van der Waals surface area contributed by atoms with Gasteiger partial charge in [-0.05, 0) is 31.3 Å². The number of allylic oxidation sites excluding steroid dienone is 3. The summed E-state index contributed by atoms with van der Waals surface area (Å²) in [6.45, 7) is 14.3. The van der Waals surface area contributed by atoms with Crippen molar-refractivity contribution in [3.05, 3.63) is 37.0 Å². The van der Waals surface area contributed by atoms with Crippen LogP contribution in [0.1, 0.15) is 26.7 Å². The Bertz CT molecular complexity index is 163. The molecule has 1 aliphatic carbocycles. The first-order chi connectivity index (χ1) is 5.24. The molecule has 1 aliphatic rings. The molecule has 11 heavy (non-hydrogen) atoms. The van der Waals surface area contributed by atoms with E-state index in [0.717, 1.165) is 5.92 Å². The fraction of sp³-hybridized carbons (Fsp3) is 0.455. The van der Waals surface area contributed by atoms with Gasteiger partial charge in [0, 0.05) is 0 Å². The van der Waals surface area contributed by atoms with Gasteiger partial charge in [-0.1, -0.05) is 25.2 Å². The third kappa shape index (κ3) is 2.75. The molecule has 0 aromatic rings. The van der Waals surface area contributed by atoms with Crippen LogP contribution in [0, 0.1) is 5.92 Å². The fourth-order valence-corrected chi connectivity index (χ4v) is 1.53. The van der Waals surface area contributed by atoms with Crippen molar-refractivity contribution in [3.8, 4) is 0 Å². The van der Waals surface area contributed by atoms with Crippen molar-refractivity contribution >= 4 is 0 Å². The van der Waals surface area contributed by atoms with Crippen molar-refractivity contribution in [1.82, 2.24) is 0 Å². The molecule has 1 unspecified atom stereocenters. The largest absolute Gasteiger partial charge is 0.106 e. The highest BCUT2D eigenvalue weighted by atomic mass is 14.2. The van der Waals surface area contributed by atoms with Gasteiger partial charge in [0.2, 0.25) is 0 Å². The summed E-state index contributed by atoms with van der Waals surface area (Å²) in [7, 11) is 0. The Morgan fingerprint density at radius 3 is 2.09 bits per heavy atom. The second-order valence-electron chi connectivity index (χ2n) is 3.02. The SMILES string of the molecule is C=C.C=CC1=C(C)CC(C)C1. The topological polar surface area (TPSA) is 0 Å². The first-order valence-corrected chi connectivity index (χ1v) is 4.05.